The number of carbonyl (C=O) groups is 1. The van der Waals surface area contributed by atoms with E-state index in [1.807, 2.05) is 37.3 Å². The standard InChI is InChI=1S/C20H22FN3OS/c1-20(11-12-26-19(22)24-20)15-8-9-16(21)17(13-15)23-18(25)10-7-14-5-3-2-4-6-14/h2-6,8-9,13H,7,10-12H2,1H3,(H2,22,24)(H,23,25). The molecule has 1 unspecified atom stereocenters. The number of carbonyl (C=O) groups excluding carboxylic acids is 1. The van der Waals surface area contributed by atoms with Gasteiger partial charge in [0.1, 0.15) is 5.82 Å². The third kappa shape index (κ3) is 4.43. The summed E-state index contributed by atoms with van der Waals surface area (Å²) in [6.07, 6.45) is 1.72. The molecule has 0 fully saturated rings. The van der Waals surface area contributed by atoms with E-state index in [1.165, 1.54) is 17.8 Å². The van der Waals surface area contributed by atoms with Gasteiger partial charge in [-0.05, 0) is 43.0 Å². The van der Waals surface area contributed by atoms with E-state index >= 15 is 0 Å². The van der Waals surface area contributed by atoms with E-state index in [4.69, 9.17) is 5.73 Å². The highest BCUT2D eigenvalue weighted by Crippen LogP contribution is 2.36. The molecular weight excluding hydrogens is 349 g/mol. The van der Waals surface area contributed by atoms with Crippen LogP contribution in [0.4, 0.5) is 10.1 Å². The Morgan fingerprint density at radius 2 is 2.08 bits per heavy atom. The molecule has 0 bridgehead atoms. The molecule has 1 aliphatic rings. The molecule has 4 nitrogen and oxygen atoms in total. The molecule has 3 N–H and O–H groups in total. The molecule has 0 spiro atoms. The van der Waals surface area contributed by atoms with Crippen molar-refractivity contribution < 1.29 is 9.18 Å². The van der Waals surface area contributed by atoms with Gasteiger partial charge in [-0.15, -0.1) is 0 Å². The Morgan fingerprint density at radius 1 is 1.31 bits per heavy atom. The number of thioether (sulfide) groups is 1. The number of nitrogens with two attached hydrogens (primary N) is 1. The van der Waals surface area contributed by atoms with Gasteiger partial charge < -0.3 is 11.1 Å². The van der Waals surface area contributed by atoms with E-state index in [0.717, 1.165) is 23.3 Å². The van der Waals surface area contributed by atoms with Gasteiger partial charge in [-0.3, -0.25) is 9.79 Å². The first-order valence-electron chi connectivity index (χ1n) is 8.58. The Morgan fingerprint density at radius 3 is 2.81 bits per heavy atom. The number of rotatable bonds is 5. The number of amidine groups is 1. The largest absolute Gasteiger partial charge is 0.379 e. The van der Waals surface area contributed by atoms with Crippen molar-refractivity contribution in [1.82, 2.24) is 0 Å². The molecular formula is C20H22FN3OS. The van der Waals surface area contributed by atoms with Crippen LogP contribution in [0.15, 0.2) is 53.5 Å². The van der Waals surface area contributed by atoms with Crippen LogP contribution in [0, 0.1) is 5.82 Å². The fourth-order valence-corrected chi connectivity index (χ4v) is 3.94. The summed E-state index contributed by atoms with van der Waals surface area (Å²) in [5, 5.41) is 3.23. The lowest BCUT2D eigenvalue weighted by atomic mass is 9.89. The minimum absolute atomic E-state index is 0.189. The molecule has 1 heterocycles. The van der Waals surface area contributed by atoms with E-state index in [2.05, 4.69) is 10.3 Å². The molecule has 2 aromatic carbocycles. The summed E-state index contributed by atoms with van der Waals surface area (Å²) >= 11 is 1.52. The lowest BCUT2D eigenvalue weighted by Gasteiger charge is -2.30. The van der Waals surface area contributed by atoms with Crippen LogP contribution in [0.1, 0.15) is 30.9 Å². The molecule has 0 radical (unpaired) electrons. The molecule has 2 aromatic rings. The Balaban J connectivity index is 1.72. The monoisotopic (exact) mass is 371 g/mol. The number of anilines is 1. The highest BCUT2D eigenvalue weighted by Gasteiger charge is 2.30. The first-order valence-corrected chi connectivity index (χ1v) is 9.57. The zero-order chi connectivity index (χ0) is 18.6. The summed E-state index contributed by atoms with van der Waals surface area (Å²) in [7, 11) is 0. The van der Waals surface area contributed by atoms with Crippen molar-refractivity contribution in [3.8, 4) is 0 Å². The van der Waals surface area contributed by atoms with Crippen LogP contribution in [-0.4, -0.2) is 16.8 Å². The second-order valence-corrected chi connectivity index (χ2v) is 7.67. The number of aliphatic imine (C=N–C) groups is 1. The normalized spacial score (nSPS) is 19.7. The molecule has 26 heavy (non-hydrogen) atoms. The van der Waals surface area contributed by atoms with Crippen LogP contribution < -0.4 is 11.1 Å². The van der Waals surface area contributed by atoms with E-state index in [1.54, 1.807) is 12.1 Å². The molecule has 0 aliphatic carbocycles. The lowest BCUT2D eigenvalue weighted by molar-refractivity contribution is -0.116. The van der Waals surface area contributed by atoms with Crippen LogP contribution in [0.2, 0.25) is 0 Å². The average molecular weight is 371 g/mol. The number of amides is 1. The van der Waals surface area contributed by atoms with Gasteiger partial charge in [0.05, 0.1) is 11.2 Å². The van der Waals surface area contributed by atoms with Gasteiger partial charge in [0.15, 0.2) is 5.17 Å². The number of nitrogens with zero attached hydrogens (tertiary/aromatic N) is 1. The molecule has 1 atom stereocenters. The Bertz CT molecular complexity index is 825. The lowest BCUT2D eigenvalue weighted by Crippen LogP contribution is -2.29. The maximum atomic E-state index is 14.2. The third-order valence-corrected chi connectivity index (χ3v) is 5.34. The van der Waals surface area contributed by atoms with Gasteiger partial charge in [0, 0.05) is 12.2 Å². The van der Waals surface area contributed by atoms with Crippen molar-refractivity contribution in [1.29, 1.82) is 0 Å². The van der Waals surface area contributed by atoms with Crippen molar-refractivity contribution in [3.63, 3.8) is 0 Å². The topological polar surface area (TPSA) is 67.5 Å². The fraction of sp³-hybridized carbons (Fsp3) is 0.300. The zero-order valence-electron chi connectivity index (χ0n) is 14.7. The average Bonchev–Trinajstić information content (AvgIpc) is 2.62. The van der Waals surface area contributed by atoms with E-state index in [9.17, 15) is 9.18 Å². The maximum Gasteiger partial charge on any atom is 0.224 e. The number of nitrogens with one attached hydrogen (secondary N) is 1. The molecule has 1 amide bonds. The fourth-order valence-electron chi connectivity index (χ4n) is 2.97. The SMILES string of the molecule is CC1(c2ccc(F)c(NC(=O)CCc3ccccc3)c2)CCSC(N)=N1. The Kier molecular flexibility index (Phi) is 5.61. The molecule has 136 valence electrons. The van der Waals surface area contributed by atoms with Crippen molar-refractivity contribution in [3.05, 3.63) is 65.5 Å². The first kappa shape index (κ1) is 18.5. The molecule has 0 aromatic heterocycles. The van der Waals surface area contributed by atoms with Crippen molar-refractivity contribution in [2.75, 3.05) is 11.1 Å². The third-order valence-electron chi connectivity index (χ3n) is 4.54. The quantitative estimate of drug-likeness (QED) is 0.833. The number of halogens is 1. The van der Waals surface area contributed by atoms with Gasteiger partial charge in [-0.1, -0.05) is 48.2 Å². The van der Waals surface area contributed by atoms with E-state index in [-0.39, 0.29) is 11.6 Å². The second-order valence-electron chi connectivity index (χ2n) is 6.55. The highest BCUT2D eigenvalue weighted by molar-refractivity contribution is 8.13. The Hall–Kier alpha value is -2.34. The van der Waals surface area contributed by atoms with Crippen molar-refractivity contribution >= 4 is 28.5 Å². The molecule has 6 heteroatoms. The van der Waals surface area contributed by atoms with E-state index < -0.39 is 11.4 Å². The second kappa shape index (κ2) is 7.91. The minimum Gasteiger partial charge on any atom is -0.379 e. The number of aryl methyl sites for hydroxylation is 1. The van der Waals surface area contributed by atoms with E-state index in [0.29, 0.717) is 18.0 Å². The van der Waals surface area contributed by atoms with Gasteiger partial charge in [-0.25, -0.2) is 4.39 Å². The minimum atomic E-state index is -0.494. The number of hydrogen-bond acceptors (Lipinski definition) is 4. The predicted molar refractivity (Wildman–Crippen MR) is 106 cm³/mol. The van der Waals surface area contributed by atoms with Gasteiger partial charge in [-0.2, -0.15) is 0 Å². The molecule has 0 saturated carbocycles. The molecule has 3 rings (SSSR count). The highest BCUT2D eigenvalue weighted by atomic mass is 32.2. The van der Waals surface area contributed by atoms with Crippen LogP contribution >= 0.6 is 11.8 Å². The van der Waals surface area contributed by atoms with Crippen molar-refractivity contribution in [2.24, 2.45) is 10.7 Å². The smallest absolute Gasteiger partial charge is 0.224 e. The van der Waals surface area contributed by atoms with Gasteiger partial charge in [0.2, 0.25) is 5.91 Å². The first-order chi connectivity index (χ1) is 12.5. The number of hydrogen-bond donors (Lipinski definition) is 2. The molecule has 0 saturated heterocycles. The van der Waals surface area contributed by atoms with Crippen molar-refractivity contribution in [2.45, 2.75) is 31.7 Å². The summed E-state index contributed by atoms with van der Waals surface area (Å²) in [5.74, 6) is 0.201. The van der Waals surface area contributed by atoms with Gasteiger partial charge >= 0.3 is 0 Å². The summed E-state index contributed by atoms with van der Waals surface area (Å²) < 4.78 is 14.2. The predicted octanol–water partition coefficient (Wildman–Crippen LogP) is 4.06. The van der Waals surface area contributed by atoms with Crippen LogP contribution in [-0.2, 0) is 16.8 Å². The summed E-state index contributed by atoms with van der Waals surface area (Å²) in [6.45, 7) is 1.98. The summed E-state index contributed by atoms with van der Waals surface area (Å²) in [6, 6.07) is 14.5. The maximum absolute atomic E-state index is 14.2. The van der Waals surface area contributed by atoms with Gasteiger partial charge in [0.25, 0.3) is 0 Å². The Labute approximate surface area is 157 Å². The number of benzene rings is 2. The summed E-state index contributed by atoms with van der Waals surface area (Å²) in [5.41, 5.74) is 7.48. The van der Waals surface area contributed by atoms with Crippen LogP contribution in [0.3, 0.4) is 0 Å². The van der Waals surface area contributed by atoms with Crippen LogP contribution in [0.25, 0.3) is 0 Å². The molecule has 1 aliphatic heterocycles. The van der Waals surface area contributed by atoms with Crippen LogP contribution in [0.5, 0.6) is 0 Å². The summed E-state index contributed by atoms with van der Waals surface area (Å²) in [4.78, 5) is 16.8. The zero-order valence-corrected chi connectivity index (χ0v) is 15.5.